The molecular formula is C17H19ClN2O5S. The first-order chi connectivity index (χ1) is 12.4. The van der Waals surface area contributed by atoms with Gasteiger partial charge in [-0.1, -0.05) is 11.6 Å². The topological polar surface area (TPSA) is 77.4 Å². The van der Waals surface area contributed by atoms with E-state index in [-0.39, 0.29) is 23.3 Å². The van der Waals surface area contributed by atoms with Crippen molar-refractivity contribution in [3.05, 3.63) is 27.6 Å². The van der Waals surface area contributed by atoms with E-state index in [0.29, 0.717) is 28.0 Å². The van der Waals surface area contributed by atoms with E-state index in [1.54, 1.807) is 32.3 Å². The fourth-order valence-corrected chi connectivity index (χ4v) is 3.37. The van der Waals surface area contributed by atoms with Gasteiger partial charge in [-0.25, -0.2) is 4.79 Å². The third-order valence-corrected chi connectivity index (χ3v) is 4.82. The molecule has 9 heteroatoms. The van der Waals surface area contributed by atoms with E-state index < -0.39 is 5.97 Å². The van der Waals surface area contributed by atoms with Crippen LogP contribution in [0.4, 0.5) is 0 Å². The lowest BCUT2D eigenvalue weighted by atomic mass is 10.1. The minimum Gasteiger partial charge on any atom is -0.490 e. The van der Waals surface area contributed by atoms with Crippen molar-refractivity contribution in [2.75, 3.05) is 34.4 Å². The maximum absolute atomic E-state index is 12.3. The van der Waals surface area contributed by atoms with Gasteiger partial charge in [-0.15, -0.1) is 0 Å². The minimum atomic E-state index is -0.530. The van der Waals surface area contributed by atoms with E-state index >= 15 is 0 Å². The van der Waals surface area contributed by atoms with Crippen LogP contribution in [-0.4, -0.2) is 56.4 Å². The number of thioether (sulfide) groups is 1. The molecule has 1 aromatic carbocycles. The Morgan fingerprint density at radius 2 is 2.12 bits per heavy atom. The molecule has 1 amide bonds. The number of ether oxygens (including phenoxy) is 3. The molecule has 7 nitrogen and oxygen atoms in total. The van der Waals surface area contributed by atoms with Gasteiger partial charge in [0.15, 0.2) is 23.3 Å². The molecule has 0 bridgehead atoms. The molecule has 0 spiro atoms. The average Bonchev–Trinajstić information content (AvgIpc) is 2.88. The second-order valence-corrected chi connectivity index (χ2v) is 6.53. The number of halogens is 1. The Hall–Kier alpha value is -2.19. The van der Waals surface area contributed by atoms with Crippen molar-refractivity contribution in [3.63, 3.8) is 0 Å². The molecule has 1 heterocycles. The van der Waals surface area contributed by atoms with Crippen LogP contribution in [-0.2, 0) is 14.3 Å². The Balaban J connectivity index is 2.35. The Labute approximate surface area is 160 Å². The molecule has 0 saturated carbocycles. The van der Waals surface area contributed by atoms with Gasteiger partial charge in [0.25, 0.3) is 5.91 Å². The second kappa shape index (κ2) is 8.95. The van der Waals surface area contributed by atoms with Gasteiger partial charge in [-0.3, -0.25) is 14.7 Å². The summed E-state index contributed by atoms with van der Waals surface area (Å²) in [6, 6.07) is 3.34. The predicted molar refractivity (Wildman–Crippen MR) is 102 cm³/mol. The lowest BCUT2D eigenvalue weighted by molar-refractivity contribution is -0.142. The van der Waals surface area contributed by atoms with Crippen molar-refractivity contribution in [1.82, 2.24) is 4.90 Å². The lowest BCUT2D eigenvalue weighted by Gasteiger charge is -2.14. The zero-order chi connectivity index (χ0) is 19.3. The Kier molecular flexibility index (Phi) is 6.93. The van der Waals surface area contributed by atoms with Crippen LogP contribution in [0.2, 0.25) is 5.02 Å². The molecule has 0 aliphatic carbocycles. The molecule has 0 radical (unpaired) electrons. The van der Waals surface area contributed by atoms with Gasteiger partial charge in [-0.05, 0) is 42.5 Å². The molecule has 1 aromatic rings. The number of carbonyl (C=O) groups excluding carboxylic acids is 2. The number of hydrogen-bond donors (Lipinski definition) is 0. The maximum Gasteiger partial charge on any atom is 0.343 e. The van der Waals surface area contributed by atoms with Gasteiger partial charge in [-0.2, -0.15) is 0 Å². The molecule has 1 aliphatic rings. The van der Waals surface area contributed by atoms with Crippen LogP contribution in [0.3, 0.4) is 0 Å². The highest BCUT2D eigenvalue weighted by Crippen LogP contribution is 2.39. The highest BCUT2D eigenvalue weighted by Gasteiger charge is 2.29. The third kappa shape index (κ3) is 4.50. The van der Waals surface area contributed by atoms with Crippen molar-refractivity contribution in [3.8, 4) is 11.5 Å². The first kappa shape index (κ1) is 20.1. The molecule has 2 rings (SSSR count). The summed E-state index contributed by atoms with van der Waals surface area (Å²) in [5.74, 6) is -0.0453. The molecule has 0 aromatic heterocycles. The van der Waals surface area contributed by atoms with E-state index in [2.05, 4.69) is 9.73 Å². The quantitative estimate of drug-likeness (QED) is 0.541. The highest BCUT2D eigenvalue weighted by molar-refractivity contribution is 8.18. The normalized spacial score (nSPS) is 17.1. The summed E-state index contributed by atoms with van der Waals surface area (Å²) in [5, 5.41) is 0.885. The number of rotatable bonds is 6. The molecule has 1 fully saturated rings. The standard InChI is InChI=1S/C17H19ClN2O5S/c1-5-24-12-7-10(6-11(18)15(12)25-9-14(21)23-4)8-13-16(22)20(3)17(19-2)26-13/h6-8H,5,9H2,1-4H3/b13-8-,19-17?. The number of nitrogens with zero attached hydrogens (tertiary/aromatic N) is 2. The molecule has 140 valence electrons. The van der Waals surface area contributed by atoms with Gasteiger partial charge in [0.1, 0.15) is 0 Å². The van der Waals surface area contributed by atoms with Gasteiger partial charge in [0.2, 0.25) is 0 Å². The Bertz CT molecular complexity index is 779. The fourth-order valence-electron chi connectivity index (χ4n) is 2.17. The van der Waals surface area contributed by atoms with E-state index in [1.165, 1.54) is 23.8 Å². The zero-order valence-electron chi connectivity index (χ0n) is 14.9. The van der Waals surface area contributed by atoms with Crippen LogP contribution in [0.5, 0.6) is 11.5 Å². The van der Waals surface area contributed by atoms with Crippen molar-refractivity contribution in [2.24, 2.45) is 4.99 Å². The number of amides is 1. The van der Waals surface area contributed by atoms with Crippen LogP contribution >= 0.6 is 23.4 Å². The molecule has 1 saturated heterocycles. The monoisotopic (exact) mass is 398 g/mol. The number of hydrogen-bond acceptors (Lipinski definition) is 7. The number of amidine groups is 1. The fraction of sp³-hybridized carbons (Fsp3) is 0.353. The Morgan fingerprint density at radius 3 is 2.69 bits per heavy atom. The predicted octanol–water partition coefficient (Wildman–Crippen LogP) is 2.82. The van der Waals surface area contributed by atoms with Gasteiger partial charge in [0, 0.05) is 14.1 Å². The largest absolute Gasteiger partial charge is 0.490 e. The molecule has 0 atom stereocenters. The number of aliphatic imine (C=N–C) groups is 1. The summed E-state index contributed by atoms with van der Waals surface area (Å²) < 4.78 is 15.5. The van der Waals surface area contributed by atoms with Crippen LogP contribution in [0.15, 0.2) is 22.0 Å². The van der Waals surface area contributed by atoms with E-state index in [1.807, 2.05) is 6.92 Å². The highest BCUT2D eigenvalue weighted by atomic mass is 35.5. The lowest BCUT2D eigenvalue weighted by Crippen LogP contribution is -2.23. The number of methoxy groups -OCH3 is 1. The van der Waals surface area contributed by atoms with E-state index in [9.17, 15) is 9.59 Å². The van der Waals surface area contributed by atoms with Gasteiger partial charge in [0.05, 0.1) is 23.6 Å². The van der Waals surface area contributed by atoms with Crippen molar-refractivity contribution in [2.45, 2.75) is 6.92 Å². The first-order valence-electron chi connectivity index (χ1n) is 7.71. The maximum atomic E-state index is 12.3. The summed E-state index contributed by atoms with van der Waals surface area (Å²) in [6.07, 6.45) is 1.71. The summed E-state index contributed by atoms with van der Waals surface area (Å²) in [6.45, 7) is 1.92. The van der Waals surface area contributed by atoms with Gasteiger partial charge >= 0.3 is 5.97 Å². The SMILES string of the molecule is CCOc1cc(/C=C2\SC(=NC)N(C)C2=O)cc(Cl)c1OCC(=O)OC. The third-order valence-electron chi connectivity index (χ3n) is 3.39. The van der Waals surface area contributed by atoms with E-state index in [0.717, 1.165) is 0 Å². The number of esters is 1. The second-order valence-electron chi connectivity index (χ2n) is 5.11. The number of likely N-dealkylation sites (N-methyl/N-ethyl adjacent to an activating group) is 1. The molecule has 1 aliphatic heterocycles. The van der Waals surface area contributed by atoms with E-state index in [4.69, 9.17) is 21.1 Å². The molecule has 0 N–H and O–H groups in total. The van der Waals surface area contributed by atoms with Crippen LogP contribution < -0.4 is 9.47 Å². The van der Waals surface area contributed by atoms with Crippen molar-refractivity contribution in [1.29, 1.82) is 0 Å². The summed E-state index contributed by atoms with van der Waals surface area (Å²) in [5.41, 5.74) is 0.672. The minimum absolute atomic E-state index is 0.143. The molecular weight excluding hydrogens is 380 g/mol. The van der Waals surface area contributed by atoms with Crippen LogP contribution in [0, 0.1) is 0 Å². The molecule has 26 heavy (non-hydrogen) atoms. The van der Waals surface area contributed by atoms with Crippen LogP contribution in [0.1, 0.15) is 12.5 Å². The number of benzene rings is 1. The van der Waals surface area contributed by atoms with Crippen molar-refractivity contribution < 1.29 is 23.8 Å². The molecule has 0 unspecified atom stereocenters. The number of carbonyl (C=O) groups is 2. The first-order valence-corrected chi connectivity index (χ1v) is 8.91. The Morgan fingerprint density at radius 1 is 1.38 bits per heavy atom. The summed E-state index contributed by atoms with van der Waals surface area (Å²) in [7, 11) is 4.57. The summed E-state index contributed by atoms with van der Waals surface area (Å²) >= 11 is 7.57. The van der Waals surface area contributed by atoms with Gasteiger partial charge < -0.3 is 14.2 Å². The smallest absolute Gasteiger partial charge is 0.343 e. The van der Waals surface area contributed by atoms with Crippen LogP contribution in [0.25, 0.3) is 6.08 Å². The van der Waals surface area contributed by atoms with Crippen molar-refractivity contribution >= 4 is 46.5 Å². The zero-order valence-corrected chi connectivity index (χ0v) is 16.4. The summed E-state index contributed by atoms with van der Waals surface area (Å²) in [4.78, 5) is 29.6. The average molecular weight is 399 g/mol.